The van der Waals surface area contributed by atoms with E-state index >= 15 is 0 Å². The summed E-state index contributed by atoms with van der Waals surface area (Å²) in [5.41, 5.74) is 0.796. The molecule has 2 rings (SSSR count). The van der Waals surface area contributed by atoms with Crippen molar-refractivity contribution in [1.29, 1.82) is 0 Å². The standard InChI is InChI=1S/C16H25FN2/c1-3-8-19-16(13-6-5-12(4-2)10-13)14-7-9-18-11-15(14)17/h7,9,11-13,16,19H,3-6,8,10H2,1-2H3. The lowest BCUT2D eigenvalue weighted by Crippen LogP contribution is -2.29. The van der Waals surface area contributed by atoms with Crippen molar-refractivity contribution in [3.8, 4) is 0 Å². The van der Waals surface area contributed by atoms with E-state index in [9.17, 15) is 4.39 Å². The van der Waals surface area contributed by atoms with Crippen LogP contribution in [0.1, 0.15) is 57.6 Å². The Morgan fingerprint density at radius 2 is 2.26 bits per heavy atom. The fourth-order valence-corrected chi connectivity index (χ4v) is 3.26. The van der Waals surface area contributed by atoms with Crippen LogP contribution < -0.4 is 5.32 Å². The largest absolute Gasteiger partial charge is 0.310 e. The first-order valence-electron chi connectivity index (χ1n) is 7.59. The van der Waals surface area contributed by atoms with Gasteiger partial charge in [-0.2, -0.15) is 0 Å². The zero-order valence-corrected chi connectivity index (χ0v) is 12.0. The zero-order valence-electron chi connectivity index (χ0n) is 12.0. The molecule has 1 N–H and O–H groups in total. The summed E-state index contributed by atoms with van der Waals surface area (Å²) in [6.45, 7) is 5.35. The molecule has 0 aromatic carbocycles. The molecule has 0 amide bonds. The first-order valence-corrected chi connectivity index (χ1v) is 7.59. The van der Waals surface area contributed by atoms with Gasteiger partial charge in [0.05, 0.1) is 6.20 Å². The molecule has 3 heteroatoms. The molecule has 1 saturated carbocycles. The van der Waals surface area contributed by atoms with Gasteiger partial charge < -0.3 is 5.32 Å². The summed E-state index contributed by atoms with van der Waals surface area (Å²) < 4.78 is 14.0. The summed E-state index contributed by atoms with van der Waals surface area (Å²) in [7, 11) is 0. The smallest absolute Gasteiger partial charge is 0.146 e. The summed E-state index contributed by atoms with van der Waals surface area (Å²) in [5, 5.41) is 3.55. The van der Waals surface area contributed by atoms with Gasteiger partial charge in [-0.1, -0.05) is 26.7 Å². The van der Waals surface area contributed by atoms with Crippen LogP contribution in [0.3, 0.4) is 0 Å². The van der Waals surface area contributed by atoms with Gasteiger partial charge >= 0.3 is 0 Å². The summed E-state index contributed by atoms with van der Waals surface area (Å²) >= 11 is 0. The second-order valence-corrected chi connectivity index (χ2v) is 5.68. The van der Waals surface area contributed by atoms with Crippen LogP contribution in [0.2, 0.25) is 0 Å². The van der Waals surface area contributed by atoms with E-state index in [0.29, 0.717) is 5.92 Å². The van der Waals surface area contributed by atoms with E-state index in [2.05, 4.69) is 24.1 Å². The maximum atomic E-state index is 14.0. The molecule has 1 aromatic rings. The molecular weight excluding hydrogens is 239 g/mol. The summed E-state index contributed by atoms with van der Waals surface area (Å²) in [5.74, 6) is 1.21. The van der Waals surface area contributed by atoms with E-state index in [1.54, 1.807) is 6.20 Å². The molecule has 0 aliphatic heterocycles. The third kappa shape index (κ3) is 3.53. The van der Waals surface area contributed by atoms with E-state index in [1.807, 2.05) is 6.07 Å². The Bertz CT molecular complexity index is 394. The third-order valence-electron chi connectivity index (χ3n) is 4.38. The van der Waals surface area contributed by atoms with Gasteiger partial charge in [-0.15, -0.1) is 0 Å². The molecule has 3 atom stereocenters. The Kier molecular flexibility index (Phi) is 5.32. The van der Waals surface area contributed by atoms with Crippen molar-refractivity contribution in [3.63, 3.8) is 0 Å². The molecule has 0 spiro atoms. The van der Waals surface area contributed by atoms with Crippen molar-refractivity contribution in [1.82, 2.24) is 10.3 Å². The van der Waals surface area contributed by atoms with Crippen LogP contribution >= 0.6 is 0 Å². The minimum atomic E-state index is -0.170. The topological polar surface area (TPSA) is 24.9 Å². The number of halogens is 1. The van der Waals surface area contributed by atoms with Crippen molar-refractivity contribution >= 4 is 0 Å². The molecule has 1 fully saturated rings. The highest BCUT2D eigenvalue weighted by atomic mass is 19.1. The van der Waals surface area contributed by atoms with Crippen LogP contribution in [0.15, 0.2) is 18.5 Å². The summed E-state index contributed by atoms with van der Waals surface area (Å²) in [4.78, 5) is 3.86. The molecule has 1 aliphatic rings. The Hall–Kier alpha value is -0.960. The number of nitrogens with zero attached hydrogens (tertiary/aromatic N) is 1. The molecule has 0 bridgehead atoms. The molecule has 3 unspecified atom stereocenters. The highest BCUT2D eigenvalue weighted by Gasteiger charge is 2.31. The van der Waals surface area contributed by atoms with E-state index in [1.165, 1.54) is 31.9 Å². The Labute approximate surface area is 115 Å². The van der Waals surface area contributed by atoms with Crippen LogP contribution in [-0.2, 0) is 0 Å². The fourth-order valence-electron chi connectivity index (χ4n) is 3.26. The number of nitrogens with one attached hydrogen (secondary N) is 1. The van der Waals surface area contributed by atoms with Crippen LogP contribution in [0.25, 0.3) is 0 Å². The van der Waals surface area contributed by atoms with E-state index in [0.717, 1.165) is 24.4 Å². The number of hydrogen-bond donors (Lipinski definition) is 1. The quantitative estimate of drug-likeness (QED) is 0.837. The first kappa shape index (κ1) is 14.4. The average molecular weight is 264 g/mol. The van der Waals surface area contributed by atoms with Crippen molar-refractivity contribution < 1.29 is 4.39 Å². The number of pyridine rings is 1. The molecule has 0 radical (unpaired) electrons. The van der Waals surface area contributed by atoms with Gasteiger partial charge in [0.15, 0.2) is 0 Å². The highest BCUT2D eigenvalue weighted by Crippen LogP contribution is 2.40. The Morgan fingerprint density at radius 1 is 1.42 bits per heavy atom. The van der Waals surface area contributed by atoms with Crippen LogP contribution in [0, 0.1) is 17.7 Å². The van der Waals surface area contributed by atoms with Crippen molar-refractivity contribution in [2.45, 2.75) is 52.0 Å². The normalized spacial score (nSPS) is 24.6. The predicted octanol–water partition coefficient (Wildman–Crippen LogP) is 4.09. The van der Waals surface area contributed by atoms with Gasteiger partial charge in [0, 0.05) is 17.8 Å². The van der Waals surface area contributed by atoms with Gasteiger partial charge in [-0.05, 0) is 43.7 Å². The van der Waals surface area contributed by atoms with E-state index < -0.39 is 0 Å². The third-order valence-corrected chi connectivity index (χ3v) is 4.38. The maximum absolute atomic E-state index is 14.0. The number of rotatable bonds is 6. The van der Waals surface area contributed by atoms with Crippen molar-refractivity contribution in [2.24, 2.45) is 11.8 Å². The molecule has 1 heterocycles. The van der Waals surface area contributed by atoms with Crippen LogP contribution in [-0.4, -0.2) is 11.5 Å². The van der Waals surface area contributed by atoms with Gasteiger partial charge in [0.2, 0.25) is 0 Å². The molecule has 0 saturated heterocycles. The van der Waals surface area contributed by atoms with Gasteiger partial charge in [0.25, 0.3) is 0 Å². The molecule has 1 aromatic heterocycles. The molecular formula is C16H25FN2. The minimum absolute atomic E-state index is 0.152. The van der Waals surface area contributed by atoms with Crippen LogP contribution in [0.4, 0.5) is 4.39 Å². The molecule has 1 aliphatic carbocycles. The average Bonchev–Trinajstić information content (AvgIpc) is 2.90. The summed E-state index contributed by atoms with van der Waals surface area (Å²) in [6, 6.07) is 1.99. The van der Waals surface area contributed by atoms with Crippen LogP contribution in [0.5, 0.6) is 0 Å². The lowest BCUT2D eigenvalue weighted by molar-refractivity contribution is 0.344. The van der Waals surface area contributed by atoms with E-state index in [-0.39, 0.29) is 11.9 Å². The number of hydrogen-bond acceptors (Lipinski definition) is 2. The SMILES string of the molecule is CCCNC(c1ccncc1F)C1CCC(CC)C1. The monoisotopic (exact) mass is 264 g/mol. The highest BCUT2D eigenvalue weighted by molar-refractivity contribution is 5.19. The lowest BCUT2D eigenvalue weighted by atomic mass is 9.90. The summed E-state index contributed by atoms with van der Waals surface area (Å²) in [6.07, 6.45) is 9.08. The zero-order chi connectivity index (χ0) is 13.7. The lowest BCUT2D eigenvalue weighted by Gasteiger charge is -2.26. The van der Waals surface area contributed by atoms with E-state index in [4.69, 9.17) is 0 Å². The first-order chi connectivity index (χ1) is 9.26. The Balaban J connectivity index is 2.14. The van der Waals surface area contributed by atoms with Gasteiger partial charge in [-0.25, -0.2) is 4.39 Å². The van der Waals surface area contributed by atoms with Crippen molar-refractivity contribution in [3.05, 3.63) is 29.8 Å². The maximum Gasteiger partial charge on any atom is 0.146 e. The predicted molar refractivity (Wildman–Crippen MR) is 76.4 cm³/mol. The fraction of sp³-hybridized carbons (Fsp3) is 0.688. The molecule has 2 nitrogen and oxygen atoms in total. The Morgan fingerprint density at radius 3 is 2.89 bits per heavy atom. The second-order valence-electron chi connectivity index (χ2n) is 5.68. The number of aromatic nitrogens is 1. The van der Waals surface area contributed by atoms with Gasteiger partial charge in [-0.3, -0.25) is 4.98 Å². The van der Waals surface area contributed by atoms with Gasteiger partial charge in [0.1, 0.15) is 5.82 Å². The van der Waals surface area contributed by atoms with Crippen molar-refractivity contribution in [2.75, 3.05) is 6.54 Å². The minimum Gasteiger partial charge on any atom is -0.310 e. The molecule has 19 heavy (non-hydrogen) atoms. The molecule has 106 valence electrons. The second kappa shape index (κ2) is 6.99.